The van der Waals surface area contributed by atoms with Crippen molar-refractivity contribution in [2.45, 2.75) is 32.7 Å². The van der Waals surface area contributed by atoms with Crippen molar-refractivity contribution in [3.63, 3.8) is 0 Å². The van der Waals surface area contributed by atoms with Crippen LogP contribution in [0.5, 0.6) is 0 Å². The molecule has 2 rings (SSSR count). The highest BCUT2D eigenvalue weighted by molar-refractivity contribution is 5.25. The van der Waals surface area contributed by atoms with Gasteiger partial charge in [-0.1, -0.05) is 36.8 Å². The molecule has 102 valence electrons. The number of rotatable bonds is 6. The molecule has 0 aliphatic rings. The van der Waals surface area contributed by atoms with Crippen molar-refractivity contribution in [1.29, 1.82) is 0 Å². The van der Waals surface area contributed by atoms with Gasteiger partial charge in [-0.25, -0.2) is 4.98 Å². The number of aryl methyl sites for hydroxylation is 3. The fraction of sp³-hybridized carbons (Fsp3) is 0.438. The molecule has 0 fully saturated rings. The van der Waals surface area contributed by atoms with E-state index in [0.29, 0.717) is 6.04 Å². The molecular weight excluding hydrogens is 234 g/mol. The highest BCUT2D eigenvalue weighted by atomic mass is 15.0. The summed E-state index contributed by atoms with van der Waals surface area (Å²) in [5.41, 5.74) is 2.69. The second-order valence-electron chi connectivity index (χ2n) is 5.02. The fourth-order valence-electron chi connectivity index (χ4n) is 2.43. The molecule has 3 heteroatoms. The van der Waals surface area contributed by atoms with E-state index in [2.05, 4.69) is 60.0 Å². The van der Waals surface area contributed by atoms with Crippen molar-refractivity contribution in [2.75, 3.05) is 6.54 Å². The van der Waals surface area contributed by atoms with E-state index in [1.165, 1.54) is 11.1 Å². The molecule has 1 N–H and O–H groups in total. The van der Waals surface area contributed by atoms with Gasteiger partial charge in [-0.3, -0.25) is 0 Å². The molecule has 0 saturated carbocycles. The Bertz CT molecular complexity index is 516. The van der Waals surface area contributed by atoms with Crippen LogP contribution >= 0.6 is 0 Å². The normalized spacial score (nSPS) is 12.6. The fourth-order valence-corrected chi connectivity index (χ4v) is 2.43. The molecule has 1 unspecified atom stereocenters. The largest absolute Gasteiger partial charge is 0.338 e. The molecule has 1 heterocycles. The number of aromatic nitrogens is 2. The highest BCUT2D eigenvalue weighted by Gasteiger charge is 2.11. The standard InChI is InChI=1S/C16H23N3/c1-4-17-15(14-7-5-6-13(2)12-14)8-9-16-18-10-11-19(16)3/h5-7,10-12,15,17H,4,8-9H2,1-3H3. The van der Waals surface area contributed by atoms with E-state index in [-0.39, 0.29) is 0 Å². The number of benzene rings is 1. The summed E-state index contributed by atoms with van der Waals surface area (Å²) in [6.45, 7) is 5.29. The number of hydrogen-bond donors (Lipinski definition) is 1. The van der Waals surface area contributed by atoms with Crippen LogP contribution < -0.4 is 5.32 Å². The zero-order chi connectivity index (χ0) is 13.7. The van der Waals surface area contributed by atoms with Gasteiger partial charge in [0.15, 0.2) is 0 Å². The molecule has 0 radical (unpaired) electrons. The van der Waals surface area contributed by atoms with E-state index < -0.39 is 0 Å². The lowest BCUT2D eigenvalue weighted by Crippen LogP contribution is -2.22. The lowest BCUT2D eigenvalue weighted by molar-refractivity contribution is 0.505. The molecule has 0 bridgehead atoms. The molecule has 0 aliphatic heterocycles. The monoisotopic (exact) mass is 257 g/mol. The highest BCUT2D eigenvalue weighted by Crippen LogP contribution is 2.19. The maximum atomic E-state index is 4.39. The Hall–Kier alpha value is -1.61. The second-order valence-corrected chi connectivity index (χ2v) is 5.02. The van der Waals surface area contributed by atoms with Gasteiger partial charge in [-0.05, 0) is 25.5 Å². The third-order valence-corrected chi connectivity index (χ3v) is 3.47. The zero-order valence-corrected chi connectivity index (χ0v) is 12.1. The van der Waals surface area contributed by atoms with Crippen LogP contribution in [0, 0.1) is 6.92 Å². The smallest absolute Gasteiger partial charge is 0.108 e. The molecule has 0 amide bonds. The van der Waals surface area contributed by atoms with Gasteiger partial charge in [0.2, 0.25) is 0 Å². The van der Waals surface area contributed by atoms with E-state index in [9.17, 15) is 0 Å². The Kier molecular flexibility index (Phi) is 4.74. The summed E-state index contributed by atoms with van der Waals surface area (Å²) in [6.07, 6.45) is 5.94. The minimum Gasteiger partial charge on any atom is -0.338 e. The van der Waals surface area contributed by atoms with Crippen molar-refractivity contribution in [1.82, 2.24) is 14.9 Å². The van der Waals surface area contributed by atoms with Crippen LogP contribution in [-0.2, 0) is 13.5 Å². The first-order chi connectivity index (χ1) is 9.20. The topological polar surface area (TPSA) is 29.9 Å². The number of nitrogens with one attached hydrogen (secondary N) is 1. The summed E-state index contributed by atoms with van der Waals surface area (Å²) >= 11 is 0. The minimum absolute atomic E-state index is 0.404. The van der Waals surface area contributed by atoms with Crippen LogP contribution in [0.15, 0.2) is 36.7 Å². The van der Waals surface area contributed by atoms with Gasteiger partial charge in [0.05, 0.1) is 0 Å². The van der Waals surface area contributed by atoms with Gasteiger partial charge in [-0.15, -0.1) is 0 Å². The van der Waals surface area contributed by atoms with Gasteiger partial charge >= 0.3 is 0 Å². The molecule has 3 nitrogen and oxygen atoms in total. The van der Waals surface area contributed by atoms with Gasteiger partial charge in [0, 0.05) is 31.9 Å². The van der Waals surface area contributed by atoms with Crippen LogP contribution in [0.25, 0.3) is 0 Å². The summed E-state index contributed by atoms with van der Waals surface area (Å²) < 4.78 is 2.10. The quantitative estimate of drug-likeness (QED) is 0.862. The van der Waals surface area contributed by atoms with Crippen LogP contribution in [-0.4, -0.2) is 16.1 Å². The van der Waals surface area contributed by atoms with E-state index in [0.717, 1.165) is 25.2 Å². The lowest BCUT2D eigenvalue weighted by atomic mass is 10.00. The summed E-state index contributed by atoms with van der Waals surface area (Å²) in [5, 5.41) is 3.57. The Morgan fingerprint density at radius 3 is 2.84 bits per heavy atom. The third-order valence-electron chi connectivity index (χ3n) is 3.47. The SMILES string of the molecule is CCNC(CCc1nccn1C)c1cccc(C)c1. The predicted molar refractivity (Wildman–Crippen MR) is 79.1 cm³/mol. The van der Waals surface area contributed by atoms with Gasteiger partial charge in [0.25, 0.3) is 0 Å². The molecule has 2 aromatic rings. The Labute approximate surface area is 115 Å². The van der Waals surface area contributed by atoms with Crippen LogP contribution in [0.4, 0.5) is 0 Å². The van der Waals surface area contributed by atoms with E-state index in [1.807, 2.05) is 12.4 Å². The number of hydrogen-bond acceptors (Lipinski definition) is 2. The average Bonchev–Trinajstić information content (AvgIpc) is 2.80. The van der Waals surface area contributed by atoms with Gasteiger partial charge in [-0.2, -0.15) is 0 Å². The third kappa shape index (κ3) is 3.67. The lowest BCUT2D eigenvalue weighted by Gasteiger charge is -2.18. The minimum atomic E-state index is 0.404. The summed E-state index contributed by atoms with van der Waals surface area (Å²) in [4.78, 5) is 4.39. The van der Waals surface area contributed by atoms with Gasteiger partial charge in [0.1, 0.15) is 5.82 Å². The molecule has 1 aromatic carbocycles. The Morgan fingerprint density at radius 2 is 2.21 bits per heavy atom. The predicted octanol–water partition coefficient (Wildman–Crippen LogP) is 3.01. The van der Waals surface area contributed by atoms with Crippen LogP contribution in [0.2, 0.25) is 0 Å². The molecule has 1 atom stereocenters. The molecular formula is C16H23N3. The van der Waals surface area contributed by atoms with Crippen molar-refractivity contribution in [2.24, 2.45) is 7.05 Å². The van der Waals surface area contributed by atoms with Gasteiger partial charge < -0.3 is 9.88 Å². The van der Waals surface area contributed by atoms with Crippen molar-refractivity contribution in [3.8, 4) is 0 Å². The zero-order valence-electron chi connectivity index (χ0n) is 12.1. The molecule has 0 saturated heterocycles. The second kappa shape index (κ2) is 6.53. The first kappa shape index (κ1) is 13.8. The van der Waals surface area contributed by atoms with E-state index in [4.69, 9.17) is 0 Å². The van der Waals surface area contributed by atoms with Crippen molar-refractivity contribution < 1.29 is 0 Å². The van der Waals surface area contributed by atoms with Crippen molar-refractivity contribution in [3.05, 3.63) is 53.6 Å². The van der Waals surface area contributed by atoms with Crippen LogP contribution in [0.1, 0.15) is 36.3 Å². The molecule has 0 spiro atoms. The maximum Gasteiger partial charge on any atom is 0.108 e. The summed E-state index contributed by atoms with van der Waals surface area (Å²) in [5.74, 6) is 1.15. The van der Waals surface area contributed by atoms with Crippen molar-refractivity contribution >= 4 is 0 Å². The number of imidazole rings is 1. The van der Waals surface area contributed by atoms with E-state index >= 15 is 0 Å². The summed E-state index contributed by atoms with van der Waals surface area (Å²) in [7, 11) is 2.05. The molecule has 19 heavy (non-hydrogen) atoms. The number of nitrogens with zero attached hydrogens (tertiary/aromatic N) is 2. The first-order valence-corrected chi connectivity index (χ1v) is 6.97. The first-order valence-electron chi connectivity index (χ1n) is 6.97. The maximum absolute atomic E-state index is 4.39. The van der Waals surface area contributed by atoms with E-state index in [1.54, 1.807) is 0 Å². The molecule has 0 aliphatic carbocycles. The summed E-state index contributed by atoms with van der Waals surface area (Å²) in [6, 6.07) is 9.16. The van der Waals surface area contributed by atoms with Crippen LogP contribution in [0.3, 0.4) is 0 Å². The average molecular weight is 257 g/mol. The molecule has 1 aromatic heterocycles. The Morgan fingerprint density at radius 1 is 1.37 bits per heavy atom. The Balaban J connectivity index is 2.06.